The molecule has 0 aromatic heterocycles. The van der Waals surface area contributed by atoms with Gasteiger partial charge in [0.15, 0.2) is 0 Å². The van der Waals surface area contributed by atoms with Gasteiger partial charge in [0.2, 0.25) is 15.9 Å². The summed E-state index contributed by atoms with van der Waals surface area (Å²) < 4.78 is 22.9. The molecule has 1 heterocycles. The fourth-order valence-electron chi connectivity index (χ4n) is 2.53. The third-order valence-corrected chi connectivity index (χ3v) is 5.40. The van der Waals surface area contributed by atoms with Crippen LogP contribution in [-0.4, -0.2) is 37.6 Å². The Kier molecular flexibility index (Phi) is 5.26. The van der Waals surface area contributed by atoms with E-state index in [9.17, 15) is 13.2 Å². The van der Waals surface area contributed by atoms with Gasteiger partial charge in [0, 0.05) is 23.7 Å². The Morgan fingerprint density at radius 3 is 2.73 bits per heavy atom. The normalized spacial score (nSPS) is 20.0. The fourth-order valence-corrected chi connectivity index (χ4v) is 3.60. The minimum atomic E-state index is -3.62. The van der Waals surface area contributed by atoms with Crippen LogP contribution in [0.2, 0.25) is 5.02 Å². The van der Waals surface area contributed by atoms with Gasteiger partial charge in [-0.25, -0.2) is 13.6 Å². The Balaban J connectivity index is 2.15. The number of likely N-dealkylation sites (tertiary alicyclic amines) is 1. The Morgan fingerprint density at radius 2 is 2.09 bits per heavy atom. The zero-order chi connectivity index (χ0) is 16.3. The van der Waals surface area contributed by atoms with Crippen molar-refractivity contribution in [2.24, 2.45) is 5.14 Å². The highest BCUT2D eigenvalue weighted by atomic mass is 35.5. The standard InChI is InChI=1S/C15H19ClN2O3S/c1-11(9-12-5-2-3-7-14(12)16)15(19)18-8-4-6-13(10-18)22(17,20)21/h2-3,5,7,9,13H,4,6,8,10H2,1H3,(H2,17,20,21)/b11-9+. The first-order valence-corrected chi connectivity index (χ1v) is 9.01. The summed E-state index contributed by atoms with van der Waals surface area (Å²) in [6.07, 6.45) is 2.84. The van der Waals surface area contributed by atoms with Gasteiger partial charge in [-0.3, -0.25) is 4.79 Å². The molecule has 0 radical (unpaired) electrons. The molecule has 0 saturated carbocycles. The summed E-state index contributed by atoms with van der Waals surface area (Å²) in [5, 5.41) is 5.08. The number of piperidine rings is 1. The number of halogens is 1. The van der Waals surface area contributed by atoms with E-state index < -0.39 is 15.3 Å². The van der Waals surface area contributed by atoms with Crippen LogP contribution in [0.3, 0.4) is 0 Å². The van der Waals surface area contributed by atoms with E-state index in [4.69, 9.17) is 16.7 Å². The van der Waals surface area contributed by atoms with E-state index in [0.29, 0.717) is 30.0 Å². The first kappa shape index (κ1) is 17.0. The summed E-state index contributed by atoms with van der Waals surface area (Å²) in [5.74, 6) is -0.187. The van der Waals surface area contributed by atoms with E-state index >= 15 is 0 Å². The highest BCUT2D eigenvalue weighted by Crippen LogP contribution is 2.21. The first-order chi connectivity index (χ1) is 10.3. The topological polar surface area (TPSA) is 80.5 Å². The van der Waals surface area contributed by atoms with E-state index in [0.717, 1.165) is 5.56 Å². The second-order valence-electron chi connectivity index (χ2n) is 5.45. The van der Waals surface area contributed by atoms with E-state index in [2.05, 4.69) is 0 Å². The lowest BCUT2D eigenvalue weighted by molar-refractivity contribution is -0.127. The lowest BCUT2D eigenvalue weighted by Gasteiger charge is -2.31. The molecule has 7 heteroatoms. The molecule has 1 aromatic carbocycles. The molecule has 0 spiro atoms. The van der Waals surface area contributed by atoms with Gasteiger partial charge in [-0.2, -0.15) is 0 Å². The Hall–Kier alpha value is -1.37. The zero-order valence-electron chi connectivity index (χ0n) is 12.3. The molecule has 1 amide bonds. The van der Waals surface area contributed by atoms with Gasteiger partial charge in [-0.15, -0.1) is 0 Å². The maximum absolute atomic E-state index is 12.5. The number of sulfonamides is 1. The van der Waals surface area contributed by atoms with Crippen LogP contribution < -0.4 is 5.14 Å². The van der Waals surface area contributed by atoms with Crippen molar-refractivity contribution < 1.29 is 13.2 Å². The van der Waals surface area contributed by atoms with Crippen LogP contribution in [0, 0.1) is 0 Å². The minimum absolute atomic E-state index is 0.144. The predicted molar refractivity (Wildman–Crippen MR) is 87.8 cm³/mol. The molecule has 1 aromatic rings. The molecule has 1 atom stereocenters. The number of benzene rings is 1. The highest BCUT2D eigenvalue weighted by molar-refractivity contribution is 7.89. The molecular weight excluding hydrogens is 324 g/mol. The van der Waals surface area contributed by atoms with Crippen molar-refractivity contribution in [1.29, 1.82) is 0 Å². The highest BCUT2D eigenvalue weighted by Gasteiger charge is 2.30. The molecule has 1 aliphatic heterocycles. The van der Waals surface area contributed by atoms with Crippen LogP contribution in [0.1, 0.15) is 25.3 Å². The minimum Gasteiger partial charge on any atom is -0.338 e. The van der Waals surface area contributed by atoms with Crippen molar-refractivity contribution in [2.45, 2.75) is 25.0 Å². The Bertz CT molecular complexity index is 700. The van der Waals surface area contributed by atoms with Crippen molar-refractivity contribution in [3.05, 3.63) is 40.4 Å². The molecule has 22 heavy (non-hydrogen) atoms. The number of hydrogen-bond donors (Lipinski definition) is 1. The zero-order valence-corrected chi connectivity index (χ0v) is 13.9. The SMILES string of the molecule is C/C(=C\c1ccccc1Cl)C(=O)N1CCCC(S(N)(=O)=O)C1. The van der Waals surface area contributed by atoms with Crippen molar-refractivity contribution in [2.75, 3.05) is 13.1 Å². The van der Waals surface area contributed by atoms with Gasteiger partial charge in [0.05, 0.1) is 5.25 Å². The maximum atomic E-state index is 12.5. The number of carbonyl (C=O) groups is 1. The summed E-state index contributed by atoms with van der Waals surface area (Å²) in [6, 6.07) is 7.23. The summed E-state index contributed by atoms with van der Waals surface area (Å²) in [5.41, 5.74) is 1.28. The Labute approximate surface area is 135 Å². The predicted octanol–water partition coefficient (Wildman–Crippen LogP) is 2.02. The molecule has 0 aliphatic carbocycles. The second-order valence-corrected chi connectivity index (χ2v) is 7.71. The van der Waals surface area contributed by atoms with E-state index in [-0.39, 0.29) is 12.5 Å². The average molecular weight is 343 g/mol. The van der Waals surface area contributed by atoms with Crippen molar-refractivity contribution in [3.63, 3.8) is 0 Å². The maximum Gasteiger partial charge on any atom is 0.249 e. The van der Waals surface area contributed by atoms with Gasteiger partial charge in [0.1, 0.15) is 0 Å². The lowest BCUT2D eigenvalue weighted by atomic mass is 10.1. The first-order valence-electron chi connectivity index (χ1n) is 7.03. The summed E-state index contributed by atoms with van der Waals surface area (Å²) in [7, 11) is -3.62. The van der Waals surface area contributed by atoms with Crippen LogP contribution in [0.15, 0.2) is 29.8 Å². The molecule has 1 saturated heterocycles. The Morgan fingerprint density at radius 1 is 1.41 bits per heavy atom. The van der Waals surface area contributed by atoms with Crippen LogP contribution >= 0.6 is 11.6 Å². The van der Waals surface area contributed by atoms with Gasteiger partial charge in [0.25, 0.3) is 0 Å². The van der Waals surface area contributed by atoms with E-state index in [1.165, 1.54) is 0 Å². The number of hydrogen-bond acceptors (Lipinski definition) is 3. The summed E-state index contributed by atoms with van der Waals surface area (Å²) >= 11 is 6.08. The molecule has 0 bridgehead atoms. The number of rotatable bonds is 3. The van der Waals surface area contributed by atoms with Crippen LogP contribution in [0.4, 0.5) is 0 Å². The van der Waals surface area contributed by atoms with Gasteiger partial charge < -0.3 is 4.90 Å². The summed E-state index contributed by atoms with van der Waals surface area (Å²) in [4.78, 5) is 14.0. The van der Waals surface area contributed by atoms with E-state index in [1.807, 2.05) is 18.2 Å². The van der Waals surface area contributed by atoms with E-state index in [1.54, 1.807) is 24.0 Å². The molecule has 2 rings (SSSR count). The number of primary sulfonamides is 1. The lowest BCUT2D eigenvalue weighted by Crippen LogP contribution is -2.47. The third kappa shape index (κ3) is 4.09. The monoisotopic (exact) mass is 342 g/mol. The van der Waals surface area contributed by atoms with Gasteiger partial charge in [-0.05, 0) is 37.5 Å². The molecule has 1 fully saturated rings. The number of carbonyl (C=O) groups excluding carboxylic acids is 1. The molecule has 5 nitrogen and oxygen atoms in total. The van der Waals surface area contributed by atoms with Crippen molar-refractivity contribution in [1.82, 2.24) is 4.90 Å². The smallest absolute Gasteiger partial charge is 0.249 e. The molecule has 2 N–H and O–H groups in total. The molecule has 1 aliphatic rings. The second kappa shape index (κ2) is 6.81. The quantitative estimate of drug-likeness (QED) is 0.853. The number of amides is 1. The van der Waals surface area contributed by atoms with Gasteiger partial charge >= 0.3 is 0 Å². The van der Waals surface area contributed by atoms with Gasteiger partial charge in [-0.1, -0.05) is 29.8 Å². The van der Waals surface area contributed by atoms with Crippen molar-refractivity contribution >= 4 is 33.6 Å². The third-order valence-electron chi connectivity index (χ3n) is 3.74. The number of nitrogens with zero attached hydrogens (tertiary/aromatic N) is 1. The largest absolute Gasteiger partial charge is 0.338 e. The average Bonchev–Trinajstić information content (AvgIpc) is 2.48. The fraction of sp³-hybridized carbons (Fsp3) is 0.400. The van der Waals surface area contributed by atoms with Crippen LogP contribution in [-0.2, 0) is 14.8 Å². The van der Waals surface area contributed by atoms with Crippen LogP contribution in [0.25, 0.3) is 6.08 Å². The molecule has 1 unspecified atom stereocenters. The van der Waals surface area contributed by atoms with Crippen molar-refractivity contribution in [3.8, 4) is 0 Å². The summed E-state index contributed by atoms with van der Waals surface area (Å²) in [6.45, 7) is 2.39. The molecule has 120 valence electrons. The molecular formula is C15H19ClN2O3S. The van der Waals surface area contributed by atoms with Crippen LogP contribution in [0.5, 0.6) is 0 Å². The number of nitrogens with two attached hydrogens (primary N) is 1.